The molecule has 2 N–H and O–H groups in total. The average Bonchev–Trinajstić information content (AvgIpc) is 2.70. The third-order valence-electron chi connectivity index (χ3n) is 3.60. The first kappa shape index (κ1) is 13.1. The molecule has 1 amide bonds. The fraction of sp³-hybridized carbons (Fsp3) is 0.692. The normalized spacial score (nSPS) is 23.9. The molecular weight excluding hydrogens is 228 g/mol. The van der Waals surface area contributed by atoms with E-state index in [0.717, 1.165) is 37.2 Å². The van der Waals surface area contributed by atoms with Crippen LogP contribution in [0.25, 0.3) is 0 Å². The van der Waals surface area contributed by atoms with Crippen molar-refractivity contribution < 1.29 is 4.79 Å². The number of nitrogens with zero attached hydrogens (tertiary/aromatic N) is 2. The van der Waals surface area contributed by atoms with Crippen LogP contribution in [-0.4, -0.2) is 28.3 Å². The maximum atomic E-state index is 12.3. The molecule has 1 aliphatic rings. The molecule has 5 nitrogen and oxygen atoms in total. The van der Waals surface area contributed by atoms with Gasteiger partial charge in [-0.15, -0.1) is 0 Å². The lowest BCUT2D eigenvalue weighted by Gasteiger charge is -2.28. The van der Waals surface area contributed by atoms with E-state index in [1.807, 2.05) is 20.2 Å². The van der Waals surface area contributed by atoms with Crippen molar-refractivity contribution in [2.75, 3.05) is 11.9 Å². The molecule has 0 saturated carbocycles. The second-order valence-electron chi connectivity index (χ2n) is 5.00. The lowest BCUT2D eigenvalue weighted by atomic mass is 9.91. The number of carbonyl (C=O) groups excluding carboxylic acids is 1. The highest BCUT2D eigenvalue weighted by atomic mass is 16.1. The SMILES string of the molecule is CCc1nn(C)cc1NC(=O)C1CCCNC1C. The highest BCUT2D eigenvalue weighted by molar-refractivity contribution is 5.93. The van der Waals surface area contributed by atoms with Crippen LogP contribution in [0.15, 0.2) is 6.20 Å². The first-order valence-corrected chi connectivity index (χ1v) is 6.68. The molecule has 2 heterocycles. The summed E-state index contributed by atoms with van der Waals surface area (Å²) in [6, 6.07) is 0.250. The van der Waals surface area contributed by atoms with Crippen LogP contribution in [-0.2, 0) is 18.3 Å². The van der Waals surface area contributed by atoms with E-state index in [4.69, 9.17) is 0 Å². The lowest BCUT2D eigenvalue weighted by molar-refractivity contribution is -0.121. The van der Waals surface area contributed by atoms with E-state index >= 15 is 0 Å². The first-order chi connectivity index (χ1) is 8.61. The molecule has 2 unspecified atom stereocenters. The van der Waals surface area contributed by atoms with Crippen LogP contribution in [0.2, 0.25) is 0 Å². The topological polar surface area (TPSA) is 59.0 Å². The van der Waals surface area contributed by atoms with E-state index < -0.39 is 0 Å². The van der Waals surface area contributed by atoms with Crippen molar-refractivity contribution in [1.29, 1.82) is 0 Å². The number of nitrogens with one attached hydrogen (secondary N) is 2. The predicted octanol–water partition coefficient (Wildman–Crippen LogP) is 1.31. The standard InChI is InChI=1S/C13H22N4O/c1-4-11-12(8-17(3)16-11)15-13(18)10-6-5-7-14-9(10)2/h8-10,14H,4-7H2,1-3H3,(H,15,18). The number of carbonyl (C=O) groups is 1. The Morgan fingerprint density at radius 2 is 2.44 bits per heavy atom. The molecule has 2 rings (SSSR count). The molecule has 0 radical (unpaired) electrons. The van der Waals surface area contributed by atoms with Crippen molar-refractivity contribution in [1.82, 2.24) is 15.1 Å². The smallest absolute Gasteiger partial charge is 0.229 e. The largest absolute Gasteiger partial charge is 0.323 e. The van der Waals surface area contributed by atoms with Crippen LogP contribution in [0.5, 0.6) is 0 Å². The third kappa shape index (κ3) is 2.72. The van der Waals surface area contributed by atoms with Crippen molar-refractivity contribution in [2.45, 2.75) is 39.2 Å². The Hall–Kier alpha value is -1.36. The number of hydrogen-bond acceptors (Lipinski definition) is 3. The fourth-order valence-electron chi connectivity index (χ4n) is 2.53. The molecule has 0 aromatic carbocycles. The van der Waals surface area contributed by atoms with Crippen LogP contribution in [0.3, 0.4) is 0 Å². The molecule has 1 aromatic rings. The average molecular weight is 250 g/mol. The van der Waals surface area contributed by atoms with Crippen molar-refractivity contribution in [3.63, 3.8) is 0 Å². The first-order valence-electron chi connectivity index (χ1n) is 6.68. The molecule has 1 saturated heterocycles. The quantitative estimate of drug-likeness (QED) is 0.850. The van der Waals surface area contributed by atoms with Gasteiger partial charge in [0.15, 0.2) is 0 Å². The molecule has 1 fully saturated rings. The Kier molecular flexibility index (Phi) is 4.01. The minimum Gasteiger partial charge on any atom is -0.323 e. The summed E-state index contributed by atoms with van der Waals surface area (Å²) < 4.78 is 1.75. The van der Waals surface area contributed by atoms with Gasteiger partial charge in [-0.3, -0.25) is 9.48 Å². The van der Waals surface area contributed by atoms with Crippen molar-refractivity contribution >= 4 is 11.6 Å². The summed E-state index contributed by atoms with van der Waals surface area (Å²) in [5, 5.41) is 10.7. The van der Waals surface area contributed by atoms with Crippen LogP contribution in [0.1, 0.15) is 32.4 Å². The van der Waals surface area contributed by atoms with Crippen LogP contribution < -0.4 is 10.6 Å². The van der Waals surface area contributed by atoms with Gasteiger partial charge in [0.25, 0.3) is 0 Å². The summed E-state index contributed by atoms with van der Waals surface area (Å²) in [6.07, 6.45) is 4.73. The molecule has 2 atom stereocenters. The van der Waals surface area contributed by atoms with E-state index in [2.05, 4.69) is 22.7 Å². The number of rotatable bonds is 3. The number of piperidine rings is 1. The Balaban J connectivity index is 2.05. The Morgan fingerprint density at radius 3 is 3.11 bits per heavy atom. The second kappa shape index (κ2) is 5.52. The van der Waals surface area contributed by atoms with E-state index in [1.54, 1.807) is 4.68 Å². The van der Waals surface area contributed by atoms with Gasteiger partial charge in [0.1, 0.15) is 0 Å². The zero-order valence-corrected chi connectivity index (χ0v) is 11.4. The molecule has 5 heteroatoms. The van der Waals surface area contributed by atoms with Crippen molar-refractivity contribution in [2.24, 2.45) is 13.0 Å². The third-order valence-corrected chi connectivity index (χ3v) is 3.60. The van der Waals surface area contributed by atoms with Crippen LogP contribution in [0, 0.1) is 5.92 Å². The van der Waals surface area contributed by atoms with Gasteiger partial charge in [0.2, 0.25) is 5.91 Å². The molecule has 18 heavy (non-hydrogen) atoms. The minimum atomic E-state index is 0.0589. The molecular formula is C13H22N4O. The van der Waals surface area contributed by atoms with Gasteiger partial charge in [-0.05, 0) is 32.7 Å². The molecule has 0 aliphatic carbocycles. The monoisotopic (exact) mass is 250 g/mol. The van der Waals surface area contributed by atoms with Gasteiger partial charge in [-0.1, -0.05) is 6.92 Å². The number of anilines is 1. The number of hydrogen-bond donors (Lipinski definition) is 2. The highest BCUT2D eigenvalue weighted by Crippen LogP contribution is 2.20. The van der Waals surface area contributed by atoms with Gasteiger partial charge in [-0.2, -0.15) is 5.10 Å². The maximum absolute atomic E-state index is 12.3. The molecule has 0 spiro atoms. The Morgan fingerprint density at radius 1 is 1.67 bits per heavy atom. The molecule has 100 valence electrons. The number of aromatic nitrogens is 2. The second-order valence-corrected chi connectivity index (χ2v) is 5.00. The Labute approximate surface area is 108 Å². The van der Waals surface area contributed by atoms with Crippen molar-refractivity contribution in [3.05, 3.63) is 11.9 Å². The molecule has 1 aromatic heterocycles. The summed E-state index contributed by atoms with van der Waals surface area (Å²) in [5.74, 6) is 0.168. The van der Waals surface area contributed by atoms with Gasteiger partial charge in [0.05, 0.1) is 17.3 Å². The van der Waals surface area contributed by atoms with Crippen molar-refractivity contribution in [3.8, 4) is 0 Å². The highest BCUT2D eigenvalue weighted by Gasteiger charge is 2.28. The van der Waals surface area contributed by atoms with Gasteiger partial charge < -0.3 is 10.6 Å². The zero-order chi connectivity index (χ0) is 13.1. The van der Waals surface area contributed by atoms with Crippen LogP contribution in [0.4, 0.5) is 5.69 Å². The summed E-state index contributed by atoms with van der Waals surface area (Å²) in [5.41, 5.74) is 1.80. The van der Waals surface area contributed by atoms with E-state index in [0.29, 0.717) is 0 Å². The lowest BCUT2D eigenvalue weighted by Crippen LogP contribution is -2.44. The molecule has 0 bridgehead atoms. The molecule has 1 aliphatic heterocycles. The van der Waals surface area contributed by atoms with E-state index in [1.165, 1.54) is 0 Å². The van der Waals surface area contributed by atoms with Crippen LogP contribution >= 0.6 is 0 Å². The predicted molar refractivity (Wildman–Crippen MR) is 71.4 cm³/mol. The van der Waals surface area contributed by atoms with E-state index in [9.17, 15) is 4.79 Å². The van der Waals surface area contributed by atoms with Gasteiger partial charge in [-0.25, -0.2) is 0 Å². The van der Waals surface area contributed by atoms with E-state index in [-0.39, 0.29) is 17.9 Å². The summed E-state index contributed by atoms with van der Waals surface area (Å²) >= 11 is 0. The summed E-state index contributed by atoms with van der Waals surface area (Å²) in [7, 11) is 1.87. The minimum absolute atomic E-state index is 0.0589. The fourth-order valence-corrected chi connectivity index (χ4v) is 2.53. The maximum Gasteiger partial charge on any atom is 0.229 e. The summed E-state index contributed by atoms with van der Waals surface area (Å²) in [6.45, 7) is 5.13. The summed E-state index contributed by atoms with van der Waals surface area (Å²) in [4.78, 5) is 12.3. The number of amides is 1. The zero-order valence-electron chi connectivity index (χ0n) is 11.4. The Bertz CT molecular complexity index is 427. The van der Waals surface area contributed by atoms with Gasteiger partial charge in [0, 0.05) is 19.3 Å². The number of aryl methyl sites for hydroxylation is 2. The van der Waals surface area contributed by atoms with Gasteiger partial charge >= 0.3 is 0 Å².